The van der Waals surface area contributed by atoms with Crippen LogP contribution < -0.4 is 0 Å². The number of benzene rings is 1. The smallest absolute Gasteiger partial charge is 0.0644 e. The summed E-state index contributed by atoms with van der Waals surface area (Å²) in [5.74, 6) is 0. The molecular weight excluding hydrogens is 219 g/mol. The first-order valence-electron chi connectivity index (χ1n) is 4.36. The summed E-state index contributed by atoms with van der Waals surface area (Å²) in [6.07, 6.45) is 2.52. The van der Waals surface area contributed by atoms with Gasteiger partial charge in [-0.15, -0.1) is 6.58 Å². The van der Waals surface area contributed by atoms with Crippen LogP contribution in [0.25, 0.3) is 0 Å². The fraction of sp³-hybridized carbons (Fsp3) is 0.273. The summed E-state index contributed by atoms with van der Waals surface area (Å²) in [5, 5.41) is 1.35. The molecule has 0 saturated carbocycles. The third-order valence-corrected chi connectivity index (χ3v) is 2.35. The first-order chi connectivity index (χ1) is 6.74. The van der Waals surface area contributed by atoms with Gasteiger partial charge in [0.15, 0.2) is 0 Å². The summed E-state index contributed by atoms with van der Waals surface area (Å²) in [6, 6.07) is 5.49. The second kappa shape index (κ2) is 6.07. The van der Waals surface area contributed by atoms with Crippen LogP contribution in [0, 0.1) is 0 Å². The monoisotopic (exact) mass is 230 g/mol. The number of halogens is 2. The molecular formula is C11H12Cl2O. The molecule has 0 unspecified atom stereocenters. The maximum Gasteiger partial charge on any atom is 0.0644 e. The predicted octanol–water partition coefficient (Wildman–Crippen LogP) is 3.74. The lowest BCUT2D eigenvalue weighted by atomic mass is 10.2. The molecule has 1 nitrogen and oxygen atoms in total. The van der Waals surface area contributed by atoms with Gasteiger partial charge in [0.05, 0.1) is 13.2 Å². The van der Waals surface area contributed by atoms with E-state index in [0.29, 0.717) is 23.3 Å². The molecule has 1 aromatic rings. The second-order valence-corrected chi connectivity index (χ2v) is 3.69. The van der Waals surface area contributed by atoms with Crippen LogP contribution in [-0.2, 0) is 11.2 Å². The van der Waals surface area contributed by atoms with E-state index < -0.39 is 0 Å². The molecule has 14 heavy (non-hydrogen) atoms. The summed E-state index contributed by atoms with van der Waals surface area (Å²) in [5.41, 5.74) is 1.06. The van der Waals surface area contributed by atoms with Crippen molar-refractivity contribution in [3.05, 3.63) is 46.5 Å². The van der Waals surface area contributed by atoms with E-state index in [1.807, 2.05) is 12.1 Å². The van der Waals surface area contributed by atoms with Gasteiger partial charge in [0.1, 0.15) is 0 Å². The molecule has 0 amide bonds. The van der Waals surface area contributed by atoms with Crippen molar-refractivity contribution >= 4 is 23.2 Å². The summed E-state index contributed by atoms with van der Waals surface area (Å²) in [6.45, 7) is 4.79. The molecule has 0 N–H and O–H groups in total. The predicted molar refractivity (Wildman–Crippen MR) is 61.2 cm³/mol. The van der Waals surface area contributed by atoms with E-state index in [9.17, 15) is 0 Å². The van der Waals surface area contributed by atoms with Gasteiger partial charge in [0.2, 0.25) is 0 Å². The molecule has 0 spiro atoms. The highest BCUT2D eigenvalue weighted by Gasteiger charge is 2.00. The lowest BCUT2D eigenvalue weighted by Gasteiger charge is -2.04. The molecule has 0 aliphatic heterocycles. The fourth-order valence-electron chi connectivity index (χ4n) is 1.07. The average molecular weight is 231 g/mol. The van der Waals surface area contributed by atoms with Crippen molar-refractivity contribution in [3.63, 3.8) is 0 Å². The minimum Gasteiger partial charge on any atom is -0.377 e. The van der Waals surface area contributed by atoms with Crippen LogP contribution in [0.2, 0.25) is 10.0 Å². The van der Waals surface area contributed by atoms with Gasteiger partial charge in [-0.1, -0.05) is 35.3 Å². The number of hydrogen-bond acceptors (Lipinski definition) is 1. The lowest BCUT2D eigenvalue weighted by Crippen LogP contribution is -1.98. The molecule has 0 radical (unpaired) electrons. The van der Waals surface area contributed by atoms with E-state index >= 15 is 0 Å². The van der Waals surface area contributed by atoms with E-state index in [0.717, 1.165) is 12.0 Å². The van der Waals surface area contributed by atoms with E-state index in [-0.39, 0.29) is 0 Å². The average Bonchev–Trinajstić information content (AvgIpc) is 2.15. The number of rotatable bonds is 5. The molecule has 3 heteroatoms. The van der Waals surface area contributed by atoms with Gasteiger partial charge in [0, 0.05) is 10.0 Å². The third kappa shape index (κ3) is 3.70. The van der Waals surface area contributed by atoms with Crippen molar-refractivity contribution in [2.75, 3.05) is 13.2 Å². The van der Waals surface area contributed by atoms with Crippen LogP contribution in [0.1, 0.15) is 5.56 Å². The Labute approximate surface area is 94.3 Å². The van der Waals surface area contributed by atoms with Crippen molar-refractivity contribution in [2.24, 2.45) is 0 Å². The Hall–Kier alpha value is -0.500. The minimum absolute atomic E-state index is 0.575. The molecule has 0 aliphatic rings. The minimum atomic E-state index is 0.575. The maximum absolute atomic E-state index is 5.98. The Bertz CT molecular complexity index is 310. The first-order valence-corrected chi connectivity index (χ1v) is 5.12. The van der Waals surface area contributed by atoms with Gasteiger partial charge in [0.25, 0.3) is 0 Å². The molecule has 0 fully saturated rings. The van der Waals surface area contributed by atoms with Crippen molar-refractivity contribution in [2.45, 2.75) is 6.42 Å². The van der Waals surface area contributed by atoms with E-state index in [2.05, 4.69) is 6.58 Å². The van der Waals surface area contributed by atoms with Gasteiger partial charge in [-0.3, -0.25) is 0 Å². The van der Waals surface area contributed by atoms with Gasteiger partial charge >= 0.3 is 0 Å². The molecule has 76 valence electrons. The fourth-order valence-corrected chi connectivity index (χ4v) is 1.58. The van der Waals surface area contributed by atoms with Crippen LogP contribution in [-0.4, -0.2) is 13.2 Å². The zero-order valence-electron chi connectivity index (χ0n) is 7.80. The van der Waals surface area contributed by atoms with E-state index in [4.69, 9.17) is 27.9 Å². The Kier molecular flexibility index (Phi) is 5.02. The van der Waals surface area contributed by atoms with Crippen molar-refractivity contribution in [1.29, 1.82) is 0 Å². The van der Waals surface area contributed by atoms with E-state index in [1.165, 1.54) is 0 Å². The largest absolute Gasteiger partial charge is 0.377 e. The quantitative estimate of drug-likeness (QED) is 0.554. The highest BCUT2D eigenvalue weighted by Crippen LogP contribution is 2.21. The van der Waals surface area contributed by atoms with Crippen LogP contribution in [0.3, 0.4) is 0 Å². The molecule has 1 rings (SSSR count). The molecule has 0 heterocycles. The maximum atomic E-state index is 5.98. The summed E-state index contributed by atoms with van der Waals surface area (Å²) in [4.78, 5) is 0. The molecule has 0 atom stereocenters. The first kappa shape index (κ1) is 11.6. The number of hydrogen-bond donors (Lipinski definition) is 0. The topological polar surface area (TPSA) is 9.23 Å². The van der Waals surface area contributed by atoms with Crippen LogP contribution in [0.4, 0.5) is 0 Å². The number of ether oxygens (including phenoxy) is 1. The Morgan fingerprint density at radius 2 is 2.14 bits per heavy atom. The standard InChI is InChI=1S/C11H12Cl2O/c1-2-6-14-7-5-9-3-4-10(12)8-11(9)13/h2-4,8H,1,5-7H2. The summed E-state index contributed by atoms with van der Waals surface area (Å²) in [7, 11) is 0. The SMILES string of the molecule is C=CCOCCc1ccc(Cl)cc1Cl. The normalized spacial score (nSPS) is 10.1. The third-order valence-electron chi connectivity index (χ3n) is 1.77. The second-order valence-electron chi connectivity index (χ2n) is 2.85. The highest BCUT2D eigenvalue weighted by atomic mass is 35.5. The van der Waals surface area contributed by atoms with Crippen molar-refractivity contribution in [1.82, 2.24) is 0 Å². The van der Waals surface area contributed by atoms with Crippen molar-refractivity contribution < 1.29 is 4.74 Å². The van der Waals surface area contributed by atoms with Crippen LogP contribution >= 0.6 is 23.2 Å². The Balaban J connectivity index is 2.46. The van der Waals surface area contributed by atoms with Gasteiger partial charge in [-0.25, -0.2) is 0 Å². The summed E-state index contributed by atoms with van der Waals surface area (Å²) < 4.78 is 5.26. The molecule has 0 aromatic heterocycles. The molecule has 0 bridgehead atoms. The van der Waals surface area contributed by atoms with E-state index in [1.54, 1.807) is 12.1 Å². The highest BCUT2D eigenvalue weighted by molar-refractivity contribution is 6.35. The Morgan fingerprint density at radius 1 is 1.36 bits per heavy atom. The van der Waals surface area contributed by atoms with Crippen LogP contribution in [0.15, 0.2) is 30.9 Å². The summed E-state index contributed by atoms with van der Waals surface area (Å²) >= 11 is 11.8. The van der Waals surface area contributed by atoms with Gasteiger partial charge in [-0.05, 0) is 24.1 Å². The lowest BCUT2D eigenvalue weighted by molar-refractivity contribution is 0.166. The zero-order chi connectivity index (χ0) is 10.4. The van der Waals surface area contributed by atoms with Crippen LogP contribution in [0.5, 0.6) is 0 Å². The molecule has 1 aromatic carbocycles. The van der Waals surface area contributed by atoms with Gasteiger partial charge in [-0.2, -0.15) is 0 Å². The molecule has 0 saturated heterocycles. The zero-order valence-corrected chi connectivity index (χ0v) is 9.31. The van der Waals surface area contributed by atoms with Crippen molar-refractivity contribution in [3.8, 4) is 0 Å². The molecule has 0 aliphatic carbocycles. The Morgan fingerprint density at radius 3 is 2.79 bits per heavy atom. The van der Waals surface area contributed by atoms with Gasteiger partial charge < -0.3 is 4.74 Å².